The molecule has 4 rings (SSSR count). The van der Waals surface area contributed by atoms with Crippen molar-refractivity contribution in [2.24, 2.45) is 5.41 Å². The third kappa shape index (κ3) is 6.72. The second kappa shape index (κ2) is 11.2. The summed E-state index contributed by atoms with van der Waals surface area (Å²) in [4.78, 5) is 39.4. The summed E-state index contributed by atoms with van der Waals surface area (Å²) in [5.74, 6) is -0.489. The zero-order valence-electron chi connectivity index (χ0n) is 23.2. The highest BCUT2D eigenvalue weighted by molar-refractivity contribution is 6.31. The predicted octanol–water partition coefficient (Wildman–Crippen LogP) is 6.37. The standard InChI is InChI=1S/C31H32ClN3O5/c1-30(2,3)40-29(38)19-7-10-22(11-8-19)34-28(37)25(16-31(4)12-13-31)35-18-26(39-5)24(15-27(35)36)23-14-21(32)9-6-20(23)17-33/h6-11,14-15,18,25H,12-13,16H2,1-5H3,(H,34,37). The monoisotopic (exact) mass is 561 g/mol. The molecule has 1 atom stereocenters. The number of methoxy groups -OCH3 is 1. The van der Waals surface area contributed by atoms with E-state index < -0.39 is 23.2 Å². The Morgan fingerprint density at radius 2 is 1.80 bits per heavy atom. The van der Waals surface area contributed by atoms with Crippen LogP contribution in [0.15, 0.2) is 59.5 Å². The Morgan fingerprint density at radius 1 is 1.12 bits per heavy atom. The molecule has 1 aliphatic carbocycles. The summed E-state index contributed by atoms with van der Waals surface area (Å²) in [5, 5.41) is 12.9. The van der Waals surface area contributed by atoms with Crippen molar-refractivity contribution in [3.05, 3.63) is 81.2 Å². The van der Waals surface area contributed by atoms with Crippen molar-refractivity contribution in [1.82, 2.24) is 4.57 Å². The maximum Gasteiger partial charge on any atom is 0.338 e. The molecule has 8 nitrogen and oxygen atoms in total. The SMILES string of the molecule is COc1cn(C(CC2(C)CC2)C(=O)Nc2ccc(C(=O)OC(C)(C)C)cc2)c(=O)cc1-c1cc(Cl)ccc1C#N. The van der Waals surface area contributed by atoms with Crippen molar-refractivity contribution in [3.8, 4) is 22.9 Å². The fourth-order valence-corrected chi connectivity index (χ4v) is 4.61. The molecular formula is C31H32ClN3O5. The van der Waals surface area contributed by atoms with Crippen LogP contribution in [0.2, 0.25) is 5.02 Å². The molecule has 1 aliphatic rings. The Labute approximate surface area is 238 Å². The van der Waals surface area contributed by atoms with Crippen LogP contribution in [0.4, 0.5) is 5.69 Å². The Morgan fingerprint density at radius 3 is 2.38 bits per heavy atom. The van der Waals surface area contributed by atoms with E-state index in [9.17, 15) is 19.6 Å². The molecule has 1 unspecified atom stereocenters. The average molecular weight is 562 g/mol. The number of aromatic nitrogens is 1. The summed E-state index contributed by atoms with van der Waals surface area (Å²) in [6, 6.07) is 13.9. The van der Waals surface area contributed by atoms with E-state index in [0.29, 0.717) is 45.1 Å². The molecule has 0 bridgehead atoms. The van der Waals surface area contributed by atoms with E-state index in [1.807, 2.05) is 0 Å². The number of nitriles is 1. The molecule has 2 aromatic carbocycles. The topological polar surface area (TPSA) is 110 Å². The van der Waals surface area contributed by atoms with E-state index >= 15 is 0 Å². The minimum absolute atomic E-state index is 0.0607. The van der Waals surface area contributed by atoms with Crippen LogP contribution in [0.25, 0.3) is 11.1 Å². The fraction of sp³-hybridized carbons (Fsp3) is 0.355. The second-order valence-corrected chi connectivity index (χ2v) is 11.8. The van der Waals surface area contributed by atoms with Crippen LogP contribution < -0.4 is 15.6 Å². The lowest BCUT2D eigenvalue weighted by Gasteiger charge is -2.24. The summed E-state index contributed by atoms with van der Waals surface area (Å²) in [7, 11) is 1.47. The highest BCUT2D eigenvalue weighted by atomic mass is 35.5. The number of carbonyl (C=O) groups excluding carboxylic acids is 2. The third-order valence-electron chi connectivity index (χ3n) is 6.87. The highest BCUT2D eigenvalue weighted by Gasteiger charge is 2.42. The van der Waals surface area contributed by atoms with Gasteiger partial charge in [-0.1, -0.05) is 18.5 Å². The molecule has 1 amide bonds. The number of hydrogen-bond donors (Lipinski definition) is 1. The van der Waals surface area contributed by atoms with Crippen molar-refractivity contribution in [1.29, 1.82) is 5.26 Å². The lowest BCUT2D eigenvalue weighted by Crippen LogP contribution is -2.34. The molecule has 9 heteroatoms. The molecule has 3 aromatic rings. The van der Waals surface area contributed by atoms with Gasteiger partial charge in [-0.15, -0.1) is 0 Å². The number of esters is 1. The first kappa shape index (κ1) is 28.9. The summed E-state index contributed by atoms with van der Waals surface area (Å²) in [6.07, 6.45) is 3.89. The highest BCUT2D eigenvalue weighted by Crippen LogP contribution is 2.51. The quantitative estimate of drug-likeness (QED) is 0.320. The minimum atomic E-state index is -0.816. The molecule has 0 aliphatic heterocycles. The molecule has 1 aromatic heterocycles. The zero-order chi connectivity index (χ0) is 29.2. The van der Waals surface area contributed by atoms with Gasteiger partial charge >= 0.3 is 5.97 Å². The average Bonchev–Trinajstić information content (AvgIpc) is 3.63. The molecule has 1 heterocycles. The van der Waals surface area contributed by atoms with Gasteiger partial charge in [-0.2, -0.15) is 5.26 Å². The molecule has 208 valence electrons. The van der Waals surface area contributed by atoms with E-state index in [4.69, 9.17) is 21.1 Å². The van der Waals surface area contributed by atoms with Crippen molar-refractivity contribution >= 4 is 29.2 Å². The van der Waals surface area contributed by atoms with Gasteiger partial charge in [-0.05, 0) is 87.9 Å². The van der Waals surface area contributed by atoms with Gasteiger partial charge in [0, 0.05) is 27.9 Å². The smallest absolute Gasteiger partial charge is 0.338 e. The van der Waals surface area contributed by atoms with Gasteiger partial charge in [-0.25, -0.2) is 4.79 Å². The van der Waals surface area contributed by atoms with E-state index in [2.05, 4.69) is 18.3 Å². The summed E-state index contributed by atoms with van der Waals surface area (Å²) >= 11 is 6.18. The van der Waals surface area contributed by atoms with Gasteiger partial charge in [0.2, 0.25) is 5.91 Å². The van der Waals surface area contributed by atoms with E-state index in [0.717, 1.165) is 12.8 Å². The Balaban J connectivity index is 1.66. The first-order valence-corrected chi connectivity index (χ1v) is 13.3. The normalized spacial score (nSPS) is 14.5. The van der Waals surface area contributed by atoms with Crippen molar-refractivity contribution in [3.63, 3.8) is 0 Å². The lowest BCUT2D eigenvalue weighted by molar-refractivity contribution is -0.120. The number of ether oxygens (including phenoxy) is 2. The van der Waals surface area contributed by atoms with E-state index in [1.165, 1.54) is 23.9 Å². The second-order valence-electron chi connectivity index (χ2n) is 11.4. The third-order valence-corrected chi connectivity index (χ3v) is 7.11. The lowest BCUT2D eigenvalue weighted by atomic mass is 9.97. The number of carbonyl (C=O) groups is 2. The molecule has 1 fully saturated rings. The van der Waals surface area contributed by atoms with Crippen LogP contribution >= 0.6 is 11.6 Å². The van der Waals surface area contributed by atoms with E-state index in [1.54, 1.807) is 63.2 Å². The van der Waals surface area contributed by atoms with Gasteiger partial charge in [0.1, 0.15) is 17.4 Å². The number of benzene rings is 2. The maximum atomic E-state index is 13.6. The molecular weight excluding hydrogens is 530 g/mol. The van der Waals surface area contributed by atoms with Crippen molar-refractivity contribution < 1.29 is 19.1 Å². The molecule has 0 spiro atoms. The van der Waals surface area contributed by atoms with Gasteiger partial charge in [0.25, 0.3) is 5.56 Å². The number of nitrogens with one attached hydrogen (secondary N) is 1. The van der Waals surface area contributed by atoms with Crippen LogP contribution in [-0.4, -0.2) is 29.2 Å². The first-order chi connectivity index (χ1) is 18.8. The van der Waals surface area contributed by atoms with Gasteiger partial charge in [-0.3, -0.25) is 14.2 Å². The van der Waals surface area contributed by atoms with Crippen LogP contribution in [0, 0.1) is 16.7 Å². The molecule has 40 heavy (non-hydrogen) atoms. The number of anilines is 1. The molecule has 0 saturated heterocycles. The first-order valence-electron chi connectivity index (χ1n) is 13.0. The van der Waals surface area contributed by atoms with Crippen molar-refractivity contribution in [2.45, 2.75) is 58.6 Å². The van der Waals surface area contributed by atoms with Gasteiger partial charge in [0.15, 0.2) is 0 Å². The number of pyridine rings is 1. The van der Waals surface area contributed by atoms with Crippen LogP contribution in [0.3, 0.4) is 0 Å². The van der Waals surface area contributed by atoms with E-state index in [-0.39, 0.29) is 11.3 Å². The van der Waals surface area contributed by atoms with Gasteiger partial charge in [0.05, 0.1) is 30.5 Å². The molecule has 1 saturated carbocycles. The molecule has 1 N–H and O–H groups in total. The zero-order valence-corrected chi connectivity index (χ0v) is 24.0. The summed E-state index contributed by atoms with van der Waals surface area (Å²) in [5.41, 5.74) is 0.979. The Hall–Kier alpha value is -4.09. The summed E-state index contributed by atoms with van der Waals surface area (Å²) in [6.45, 7) is 7.47. The number of rotatable bonds is 8. The Bertz CT molecular complexity index is 1540. The minimum Gasteiger partial charge on any atom is -0.495 e. The fourth-order valence-electron chi connectivity index (χ4n) is 4.44. The van der Waals surface area contributed by atoms with Crippen molar-refractivity contribution in [2.75, 3.05) is 12.4 Å². The molecule has 0 radical (unpaired) electrons. The van der Waals surface area contributed by atoms with Crippen LogP contribution in [0.5, 0.6) is 5.75 Å². The summed E-state index contributed by atoms with van der Waals surface area (Å²) < 4.78 is 12.4. The number of halogens is 1. The maximum absolute atomic E-state index is 13.6. The number of hydrogen-bond acceptors (Lipinski definition) is 6. The largest absolute Gasteiger partial charge is 0.495 e. The Kier molecular flexibility index (Phi) is 8.08. The number of nitrogens with zero attached hydrogens (tertiary/aromatic N) is 2. The number of amides is 1. The van der Waals surface area contributed by atoms with Gasteiger partial charge < -0.3 is 14.8 Å². The van der Waals surface area contributed by atoms with Crippen LogP contribution in [0.1, 0.15) is 68.9 Å². The van der Waals surface area contributed by atoms with Crippen LogP contribution in [-0.2, 0) is 9.53 Å². The predicted molar refractivity (Wildman–Crippen MR) is 154 cm³/mol.